The van der Waals surface area contributed by atoms with Gasteiger partial charge in [-0.1, -0.05) is 29.8 Å². The summed E-state index contributed by atoms with van der Waals surface area (Å²) in [6.07, 6.45) is 0.901. The van der Waals surface area contributed by atoms with Gasteiger partial charge in [-0.25, -0.2) is 12.7 Å². The van der Waals surface area contributed by atoms with Gasteiger partial charge in [0.25, 0.3) is 0 Å². The summed E-state index contributed by atoms with van der Waals surface area (Å²) in [7, 11) is -0.425. The van der Waals surface area contributed by atoms with E-state index in [4.69, 9.17) is 21.1 Å². The SMILES string of the molecule is COc1ccc(NC(=O)C2CCN(S(=O)(=O)Cc3ccccc3Cl)CC2)c(OC)c1. The van der Waals surface area contributed by atoms with Crippen molar-refractivity contribution in [2.45, 2.75) is 18.6 Å². The number of piperidine rings is 1. The van der Waals surface area contributed by atoms with E-state index >= 15 is 0 Å². The summed E-state index contributed by atoms with van der Waals surface area (Å²) >= 11 is 6.10. The van der Waals surface area contributed by atoms with E-state index < -0.39 is 10.0 Å². The molecular weight excluding hydrogens is 428 g/mol. The Labute approximate surface area is 182 Å². The number of rotatable bonds is 7. The van der Waals surface area contributed by atoms with Gasteiger partial charge in [0, 0.05) is 30.1 Å². The quantitative estimate of drug-likeness (QED) is 0.694. The van der Waals surface area contributed by atoms with Gasteiger partial charge in [0.15, 0.2) is 0 Å². The summed E-state index contributed by atoms with van der Waals surface area (Å²) in [6.45, 7) is 0.593. The predicted octanol–water partition coefficient (Wildman–Crippen LogP) is 3.54. The van der Waals surface area contributed by atoms with Crippen LogP contribution in [0, 0.1) is 5.92 Å². The van der Waals surface area contributed by atoms with Crippen LogP contribution in [0.2, 0.25) is 5.02 Å². The van der Waals surface area contributed by atoms with Gasteiger partial charge in [-0.3, -0.25) is 4.79 Å². The molecule has 1 fully saturated rings. The van der Waals surface area contributed by atoms with Crippen LogP contribution in [0.4, 0.5) is 5.69 Å². The van der Waals surface area contributed by atoms with Gasteiger partial charge in [-0.15, -0.1) is 0 Å². The van der Waals surface area contributed by atoms with Crippen LogP contribution in [0.3, 0.4) is 0 Å². The van der Waals surface area contributed by atoms with Crippen LogP contribution in [0.15, 0.2) is 42.5 Å². The first kappa shape index (κ1) is 22.4. The van der Waals surface area contributed by atoms with Gasteiger partial charge in [0.2, 0.25) is 15.9 Å². The van der Waals surface area contributed by atoms with Crippen LogP contribution in [0.25, 0.3) is 0 Å². The van der Waals surface area contributed by atoms with E-state index in [1.165, 1.54) is 11.4 Å². The average molecular weight is 453 g/mol. The Morgan fingerprint density at radius 3 is 2.47 bits per heavy atom. The Bertz CT molecular complexity index is 1000. The molecule has 162 valence electrons. The molecule has 0 aliphatic carbocycles. The number of hydrogen-bond donors (Lipinski definition) is 1. The predicted molar refractivity (Wildman–Crippen MR) is 117 cm³/mol. The summed E-state index contributed by atoms with van der Waals surface area (Å²) < 4.78 is 37.4. The molecule has 2 aromatic rings. The number of amides is 1. The van der Waals surface area contributed by atoms with Crippen LogP contribution >= 0.6 is 11.6 Å². The number of anilines is 1. The number of nitrogens with one attached hydrogen (secondary N) is 1. The number of benzene rings is 2. The van der Waals surface area contributed by atoms with Crippen LogP contribution in [0.1, 0.15) is 18.4 Å². The van der Waals surface area contributed by atoms with Crippen molar-refractivity contribution in [2.75, 3.05) is 32.6 Å². The first-order valence-electron chi connectivity index (χ1n) is 9.58. The van der Waals surface area contributed by atoms with Crippen LogP contribution in [-0.2, 0) is 20.6 Å². The molecule has 0 aromatic heterocycles. The molecule has 0 spiro atoms. The van der Waals surface area contributed by atoms with Gasteiger partial charge < -0.3 is 14.8 Å². The smallest absolute Gasteiger partial charge is 0.227 e. The molecule has 1 aliphatic heterocycles. The third-order valence-electron chi connectivity index (χ3n) is 5.18. The largest absolute Gasteiger partial charge is 0.497 e. The van der Waals surface area contributed by atoms with Gasteiger partial charge in [-0.05, 0) is 36.6 Å². The highest BCUT2D eigenvalue weighted by Gasteiger charge is 2.31. The minimum Gasteiger partial charge on any atom is -0.497 e. The van der Waals surface area contributed by atoms with Crippen molar-refractivity contribution in [1.82, 2.24) is 4.31 Å². The molecule has 0 bridgehead atoms. The van der Waals surface area contributed by atoms with E-state index in [1.54, 1.807) is 49.6 Å². The monoisotopic (exact) mass is 452 g/mol. The molecule has 1 amide bonds. The molecule has 2 aromatic carbocycles. The third-order valence-corrected chi connectivity index (χ3v) is 7.38. The van der Waals surface area contributed by atoms with Crippen LogP contribution in [0.5, 0.6) is 11.5 Å². The van der Waals surface area contributed by atoms with Crippen molar-refractivity contribution < 1.29 is 22.7 Å². The van der Waals surface area contributed by atoms with E-state index in [0.717, 1.165) is 0 Å². The number of methoxy groups -OCH3 is 2. The second-order valence-corrected chi connectivity index (χ2v) is 9.45. The molecule has 0 atom stereocenters. The lowest BCUT2D eigenvalue weighted by Gasteiger charge is -2.30. The Kier molecular flexibility index (Phi) is 7.23. The van der Waals surface area contributed by atoms with Gasteiger partial charge in [-0.2, -0.15) is 0 Å². The minimum atomic E-state index is -3.50. The molecule has 0 radical (unpaired) electrons. The summed E-state index contributed by atoms with van der Waals surface area (Å²) in [5.41, 5.74) is 1.13. The van der Waals surface area contributed by atoms with E-state index in [1.807, 2.05) is 0 Å². The van der Waals surface area contributed by atoms with Crippen LogP contribution < -0.4 is 14.8 Å². The second-order valence-electron chi connectivity index (χ2n) is 7.08. The maximum atomic E-state index is 12.8. The molecule has 0 unspecified atom stereocenters. The van der Waals surface area contributed by atoms with E-state index in [9.17, 15) is 13.2 Å². The maximum absolute atomic E-state index is 12.8. The number of ether oxygens (including phenoxy) is 2. The fraction of sp³-hybridized carbons (Fsp3) is 0.381. The number of carbonyl (C=O) groups excluding carboxylic acids is 1. The molecule has 3 rings (SSSR count). The fourth-order valence-electron chi connectivity index (χ4n) is 3.44. The number of sulfonamides is 1. The van der Waals surface area contributed by atoms with E-state index in [0.29, 0.717) is 53.7 Å². The summed E-state index contributed by atoms with van der Waals surface area (Å²) in [4.78, 5) is 12.7. The number of nitrogens with zero attached hydrogens (tertiary/aromatic N) is 1. The molecule has 1 heterocycles. The van der Waals surface area contributed by atoms with Crippen molar-refractivity contribution in [1.29, 1.82) is 0 Å². The number of carbonyl (C=O) groups is 1. The topological polar surface area (TPSA) is 84.9 Å². The molecule has 1 saturated heterocycles. The minimum absolute atomic E-state index is 0.146. The van der Waals surface area contributed by atoms with Crippen molar-refractivity contribution >= 4 is 33.2 Å². The average Bonchev–Trinajstić information content (AvgIpc) is 2.75. The fourth-order valence-corrected chi connectivity index (χ4v) is 5.31. The normalized spacial score (nSPS) is 15.6. The molecular formula is C21H25ClN2O5S. The first-order chi connectivity index (χ1) is 14.3. The van der Waals surface area contributed by atoms with E-state index in [2.05, 4.69) is 5.32 Å². The van der Waals surface area contributed by atoms with Crippen molar-refractivity contribution in [3.8, 4) is 11.5 Å². The summed E-state index contributed by atoms with van der Waals surface area (Å²) in [5.74, 6) is 0.557. The highest BCUT2D eigenvalue weighted by Crippen LogP contribution is 2.31. The van der Waals surface area contributed by atoms with Crippen LogP contribution in [-0.4, -0.2) is 45.9 Å². The van der Waals surface area contributed by atoms with Gasteiger partial charge >= 0.3 is 0 Å². The Hall–Kier alpha value is -2.29. The zero-order valence-electron chi connectivity index (χ0n) is 16.9. The molecule has 9 heteroatoms. The summed E-state index contributed by atoms with van der Waals surface area (Å²) in [5, 5.41) is 3.31. The lowest BCUT2D eigenvalue weighted by atomic mass is 9.97. The van der Waals surface area contributed by atoms with Crippen molar-refractivity contribution in [3.05, 3.63) is 53.1 Å². The Morgan fingerprint density at radius 1 is 1.13 bits per heavy atom. The van der Waals surface area contributed by atoms with E-state index in [-0.39, 0.29) is 17.6 Å². The first-order valence-corrected chi connectivity index (χ1v) is 11.6. The highest BCUT2D eigenvalue weighted by molar-refractivity contribution is 7.88. The Morgan fingerprint density at radius 2 is 1.83 bits per heavy atom. The van der Waals surface area contributed by atoms with Crippen molar-refractivity contribution in [2.24, 2.45) is 5.92 Å². The molecule has 0 saturated carbocycles. The highest BCUT2D eigenvalue weighted by atomic mass is 35.5. The zero-order valence-corrected chi connectivity index (χ0v) is 18.5. The van der Waals surface area contributed by atoms with Gasteiger partial charge in [0.1, 0.15) is 11.5 Å². The lowest BCUT2D eigenvalue weighted by Crippen LogP contribution is -2.41. The molecule has 7 nitrogen and oxygen atoms in total. The molecule has 1 N–H and O–H groups in total. The maximum Gasteiger partial charge on any atom is 0.227 e. The summed E-state index contributed by atoms with van der Waals surface area (Å²) in [6, 6.07) is 12.1. The third kappa shape index (κ3) is 5.24. The molecule has 1 aliphatic rings. The number of hydrogen-bond acceptors (Lipinski definition) is 5. The molecule has 30 heavy (non-hydrogen) atoms. The Balaban J connectivity index is 1.60. The number of halogens is 1. The van der Waals surface area contributed by atoms with Gasteiger partial charge in [0.05, 0.1) is 25.7 Å². The second kappa shape index (κ2) is 9.68. The standard InChI is InChI=1S/C21H25ClN2O5S/c1-28-17-7-8-19(20(13-17)29-2)23-21(25)15-9-11-24(12-10-15)30(26,27)14-16-5-3-4-6-18(16)22/h3-8,13,15H,9-12,14H2,1-2H3,(H,23,25). The van der Waals surface area contributed by atoms with Crippen molar-refractivity contribution in [3.63, 3.8) is 0 Å². The zero-order chi connectivity index (χ0) is 21.7. The lowest BCUT2D eigenvalue weighted by molar-refractivity contribution is -0.120.